The summed E-state index contributed by atoms with van der Waals surface area (Å²) in [5, 5.41) is 19.5. The summed E-state index contributed by atoms with van der Waals surface area (Å²) >= 11 is 1.65. The number of nitriles is 2. The monoisotopic (exact) mass is 281 g/mol. The quantitative estimate of drug-likeness (QED) is 0.627. The highest BCUT2D eigenvalue weighted by molar-refractivity contribution is 8.02. The van der Waals surface area contributed by atoms with Crippen LogP contribution in [0.25, 0.3) is 5.57 Å². The summed E-state index contributed by atoms with van der Waals surface area (Å²) in [7, 11) is 0. The van der Waals surface area contributed by atoms with Gasteiger partial charge in [0.25, 0.3) is 0 Å². The summed E-state index contributed by atoms with van der Waals surface area (Å²) in [5.74, 6) is 0. The van der Waals surface area contributed by atoms with E-state index in [2.05, 4.69) is 4.90 Å². The van der Waals surface area contributed by atoms with E-state index in [1.54, 1.807) is 11.8 Å². The average Bonchev–Trinajstić information content (AvgIpc) is 2.45. The highest BCUT2D eigenvalue weighted by atomic mass is 32.2. The van der Waals surface area contributed by atoms with Gasteiger partial charge in [-0.1, -0.05) is 30.3 Å². The average molecular weight is 281 g/mol. The molecule has 1 heterocycles. The van der Waals surface area contributed by atoms with Gasteiger partial charge in [0.15, 0.2) is 0 Å². The van der Waals surface area contributed by atoms with Crippen LogP contribution in [0.5, 0.6) is 0 Å². The first kappa shape index (κ1) is 14.2. The Labute approximate surface area is 123 Å². The minimum Gasteiger partial charge on any atom is -0.366 e. The third-order valence-corrected chi connectivity index (χ3v) is 4.02. The molecule has 4 heteroatoms. The molecule has 1 fully saturated rings. The van der Waals surface area contributed by atoms with Gasteiger partial charge in [-0.05, 0) is 24.3 Å². The first-order valence-electron chi connectivity index (χ1n) is 6.40. The van der Waals surface area contributed by atoms with Gasteiger partial charge in [-0.15, -0.1) is 11.8 Å². The molecule has 0 radical (unpaired) electrons. The topological polar surface area (TPSA) is 50.8 Å². The number of hydrogen-bond acceptors (Lipinski definition) is 4. The maximum Gasteiger partial charge on any atom is 0.137 e. The Morgan fingerprint density at radius 1 is 1.20 bits per heavy atom. The summed E-state index contributed by atoms with van der Waals surface area (Å²) in [6.45, 7) is 2.09. The summed E-state index contributed by atoms with van der Waals surface area (Å²) < 4.78 is 0. The van der Waals surface area contributed by atoms with E-state index >= 15 is 0 Å². The Kier molecular flexibility index (Phi) is 4.87. The molecule has 0 amide bonds. The van der Waals surface area contributed by atoms with Gasteiger partial charge in [0.2, 0.25) is 0 Å². The fourth-order valence-electron chi connectivity index (χ4n) is 2.00. The van der Waals surface area contributed by atoms with Gasteiger partial charge in [-0.3, -0.25) is 0 Å². The van der Waals surface area contributed by atoms with Crippen LogP contribution in [0.3, 0.4) is 0 Å². The van der Waals surface area contributed by atoms with Crippen molar-refractivity contribution in [1.29, 1.82) is 10.5 Å². The Hall–Kier alpha value is -2.17. The summed E-state index contributed by atoms with van der Waals surface area (Å²) in [6.07, 6.45) is 5.18. The number of thioether (sulfide) groups is 1. The molecular formula is C16H15N3S. The molecule has 1 aromatic carbocycles. The number of hydrogen-bond donors (Lipinski definition) is 0. The molecular weight excluding hydrogens is 266 g/mol. The van der Waals surface area contributed by atoms with Crippen molar-refractivity contribution in [3.8, 4) is 12.1 Å². The van der Waals surface area contributed by atoms with Crippen LogP contribution < -0.4 is 0 Å². The Bertz CT molecular complexity index is 597. The van der Waals surface area contributed by atoms with Crippen LogP contribution in [0.4, 0.5) is 0 Å². The van der Waals surface area contributed by atoms with Crippen LogP contribution in [-0.4, -0.2) is 24.2 Å². The minimum atomic E-state index is 0.156. The molecule has 2 rings (SSSR count). The van der Waals surface area contributed by atoms with Crippen molar-refractivity contribution in [3.63, 3.8) is 0 Å². The lowest BCUT2D eigenvalue weighted by Crippen LogP contribution is -2.35. The molecule has 1 aliphatic rings. The third-order valence-electron chi connectivity index (χ3n) is 3.22. The number of rotatable bonds is 4. The van der Waals surface area contributed by atoms with Crippen molar-refractivity contribution in [3.05, 3.63) is 52.6 Å². The van der Waals surface area contributed by atoms with Gasteiger partial charge >= 0.3 is 0 Å². The van der Waals surface area contributed by atoms with Crippen molar-refractivity contribution in [2.75, 3.05) is 19.3 Å². The molecule has 0 spiro atoms. The maximum absolute atomic E-state index is 9.17. The number of nitrogens with zero attached hydrogens (tertiary/aromatic N) is 3. The van der Waals surface area contributed by atoms with E-state index in [9.17, 15) is 10.5 Å². The van der Waals surface area contributed by atoms with Crippen molar-refractivity contribution in [2.45, 2.75) is 6.42 Å². The molecule has 0 saturated carbocycles. The fourth-order valence-corrected chi connectivity index (χ4v) is 2.68. The van der Waals surface area contributed by atoms with E-state index in [0.29, 0.717) is 5.57 Å². The van der Waals surface area contributed by atoms with Crippen molar-refractivity contribution in [1.82, 2.24) is 4.90 Å². The van der Waals surface area contributed by atoms with E-state index in [1.165, 1.54) is 6.42 Å². The van der Waals surface area contributed by atoms with Crippen LogP contribution in [-0.2, 0) is 0 Å². The predicted octanol–water partition coefficient (Wildman–Crippen LogP) is 3.40. The largest absolute Gasteiger partial charge is 0.366 e. The summed E-state index contributed by atoms with van der Waals surface area (Å²) in [4.78, 5) is 2.26. The van der Waals surface area contributed by atoms with Crippen molar-refractivity contribution in [2.24, 2.45) is 0 Å². The van der Waals surface area contributed by atoms with E-state index in [0.717, 1.165) is 23.7 Å². The van der Waals surface area contributed by atoms with Crippen LogP contribution in [0.2, 0.25) is 0 Å². The number of benzene rings is 1. The molecule has 0 unspecified atom stereocenters. The lowest BCUT2D eigenvalue weighted by Gasteiger charge is -2.34. The zero-order valence-corrected chi connectivity index (χ0v) is 12.2. The standard InChI is InChI=1S/C16H15N3S/c1-20-16(19-8-5-9-19)10-15(14(11-17)12-18)13-6-3-2-4-7-13/h2-4,6-7,10H,5,8-9H2,1H3/b16-10-. The molecule has 0 atom stereocenters. The zero-order chi connectivity index (χ0) is 14.4. The smallest absolute Gasteiger partial charge is 0.137 e. The second kappa shape index (κ2) is 6.84. The van der Waals surface area contributed by atoms with Gasteiger partial charge in [0.1, 0.15) is 17.7 Å². The van der Waals surface area contributed by atoms with Crippen LogP contribution in [0.15, 0.2) is 47.0 Å². The second-order valence-electron chi connectivity index (χ2n) is 4.41. The third kappa shape index (κ3) is 3.04. The first-order valence-corrected chi connectivity index (χ1v) is 7.63. The van der Waals surface area contributed by atoms with Gasteiger partial charge < -0.3 is 4.90 Å². The second-order valence-corrected chi connectivity index (χ2v) is 5.23. The summed E-state index contributed by atoms with van der Waals surface area (Å²) in [6, 6.07) is 13.6. The molecule has 1 saturated heterocycles. The van der Waals surface area contributed by atoms with E-state index < -0.39 is 0 Å². The molecule has 0 aromatic heterocycles. The Morgan fingerprint density at radius 3 is 2.30 bits per heavy atom. The van der Waals surface area contributed by atoms with Gasteiger partial charge in [0.05, 0.1) is 5.03 Å². The van der Waals surface area contributed by atoms with Crippen LogP contribution >= 0.6 is 11.8 Å². The van der Waals surface area contributed by atoms with Gasteiger partial charge in [-0.25, -0.2) is 0 Å². The highest BCUT2D eigenvalue weighted by Gasteiger charge is 2.18. The molecule has 1 aliphatic heterocycles. The normalized spacial score (nSPS) is 13.9. The van der Waals surface area contributed by atoms with E-state index in [-0.39, 0.29) is 5.57 Å². The van der Waals surface area contributed by atoms with Gasteiger partial charge in [0, 0.05) is 18.7 Å². The molecule has 0 bridgehead atoms. The van der Waals surface area contributed by atoms with Crippen LogP contribution in [0.1, 0.15) is 12.0 Å². The predicted molar refractivity (Wildman–Crippen MR) is 82.4 cm³/mol. The minimum absolute atomic E-state index is 0.156. The lowest BCUT2D eigenvalue weighted by molar-refractivity contribution is 0.257. The molecule has 20 heavy (non-hydrogen) atoms. The lowest BCUT2D eigenvalue weighted by atomic mass is 10.0. The molecule has 100 valence electrons. The Balaban J connectivity index is 2.49. The maximum atomic E-state index is 9.17. The number of allylic oxidation sites excluding steroid dienone is 3. The first-order chi connectivity index (χ1) is 9.80. The van der Waals surface area contributed by atoms with Crippen LogP contribution in [0, 0.1) is 22.7 Å². The Morgan fingerprint density at radius 2 is 1.85 bits per heavy atom. The molecule has 1 aromatic rings. The SMILES string of the molecule is CS/C(=C\C(=C(C#N)C#N)c1ccccc1)N1CCC1. The summed E-state index contributed by atoms with van der Waals surface area (Å²) in [5.41, 5.74) is 1.76. The van der Waals surface area contributed by atoms with Gasteiger partial charge in [-0.2, -0.15) is 10.5 Å². The fraction of sp³-hybridized carbons (Fsp3) is 0.250. The molecule has 0 aliphatic carbocycles. The van der Waals surface area contributed by atoms with E-state index in [4.69, 9.17) is 0 Å². The molecule has 0 N–H and O–H groups in total. The number of likely N-dealkylation sites (tertiary alicyclic amines) is 1. The van der Waals surface area contributed by atoms with Crippen molar-refractivity contribution < 1.29 is 0 Å². The zero-order valence-electron chi connectivity index (χ0n) is 11.3. The van der Waals surface area contributed by atoms with Crippen molar-refractivity contribution >= 4 is 17.3 Å². The van der Waals surface area contributed by atoms with E-state index in [1.807, 2.05) is 54.8 Å². The molecule has 3 nitrogen and oxygen atoms in total. The highest BCUT2D eigenvalue weighted by Crippen LogP contribution is 2.29.